The standard InChI is InChI=1S/C11H8ClF17Si/c1-30(12)3-2-4(13,14)5(15,16)6(17,18)7(19,20)8(21,22)9(23,24)10(25,26)11(27,28)29/h30H,2-3H2,1H3. The molecule has 0 spiro atoms. The summed E-state index contributed by atoms with van der Waals surface area (Å²) in [5.41, 5.74) is 0. The van der Waals surface area contributed by atoms with Crippen molar-refractivity contribution in [3.63, 3.8) is 0 Å². The van der Waals surface area contributed by atoms with Gasteiger partial charge >= 0.3 is 47.6 Å². The fourth-order valence-electron chi connectivity index (χ4n) is 1.73. The van der Waals surface area contributed by atoms with Gasteiger partial charge in [-0.25, -0.2) is 0 Å². The molecule has 0 rings (SSSR count). The van der Waals surface area contributed by atoms with Crippen LogP contribution in [-0.4, -0.2) is 55.7 Å². The predicted octanol–water partition coefficient (Wildman–Crippen LogP) is 6.98. The molecule has 0 nitrogen and oxygen atoms in total. The van der Waals surface area contributed by atoms with Crippen molar-refractivity contribution in [2.75, 3.05) is 0 Å². The summed E-state index contributed by atoms with van der Waals surface area (Å²) < 4.78 is 220. The molecule has 0 bridgehead atoms. The van der Waals surface area contributed by atoms with Crippen molar-refractivity contribution in [2.24, 2.45) is 0 Å². The summed E-state index contributed by atoms with van der Waals surface area (Å²) in [7, 11) is -2.81. The van der Waals surface area contributed by atoms with E-state index in [1.54, 1.807) is 0 Å². The van der Waals surface area contributed by atoms with Gasteiger partial charge in [-0.2, -0.15) is 85.7 Å². The molecule has 19 heteroatoms. The van der Waals surface area contributed by atoms with Crippen molar-refractivity contribution in [2.45, 2.75) is 66.6 Å². The highest BCUT2D eigenvalue weighted by atomic mass is 35.6. The van der Waals surface area contributed by atoms with Crippen LogP contribution < -0.4 is 0 Å². The Morgan fingerprint density at radius 3 is 1.03 bits per heavy atom. The molecule has 0 fully saturated rings. The number of hydrogen-bond donors (Lipinski definition) is 0. The summed E-state index contributed by atoms with van der Waals surface area (Å²) in [5.74, 6) is -55.9. The fraction of sp³-hybridized carbons (Fsp3) is 1.00. The molecular weight excluding hydrogens is 519 g/mol. The Kier molecular flexibility index (Phi) is 7.54. The maximum Gasteiger partial charge on any atom is 0.460 e. The zero-order chi connectivity index (χ0) is 25.0. The normalized spacial score (nSPS) is 17.3. The largest absolute Gasteiger partial charge is 0.460 e. The first kappa shape index (κ1) is 29.3. The molecule has 0 saturated heterocycles. The number of alkyl halides is 17. The second-order valence-electron chi connectivity index (χ2n) is 5.97. The average molecular weight is 527 g/mol. The van der Waals surface area contributed by atoms with Crippen LogP contribution in [0.3, 0.4) is 0 Å². The van der Waals surface area contributed by atoms with Crippen molar-refractivity contribution >= 4 is 19.2 Å². The number of hydrogen-bond acceptors (Lipinski definition) is 0. The van der Waals surface area contributed by atoms with Crippen molar-refractivity contribution in [3.05, 3.63) is 0 Å². The molecule has 0 aromatic rings. The molecule has 182 valence electrons. The molecule has 0 saturated carbocycles. The van der Waals surface area contributed by atoms with Gasteiger partial charge in [-0.1, -0.05) is 6.55 Å². The van der Waals surface area contributed by atoms with Gasteiger partial charge < -0.3 is 0 Å². The van der Waals surface area contributed by atoms with Crippen molar-refractivity contribution in [1.29, 1.82) is 0 Å². The molecule has 0 N–H and O–H groups in total. The highest BCUT2D eigenvalue weighted by molar-refractivity contribution is 7.06. The highest BCUT2D eigenvalue weighted by Crippen LogP contribution is 2.64. The van der Waals surface area contributed by atoms with Crippen LogP contribution in [0.5, 0.6) is 0 Å². The van der Waals surface area contributed by atoms with Gasteiger partial charge in [0.1, 0.15) is 8.11 Å². The molecule has 1 unspecified atom stereocenters. The number of halogens is 18. The lowest BCUT2D eigenvalue weighted by Crippen LogP contribution is -2.74. The maximum absolute atomic E-state index is 13.4. The summed E-state index contributed by atoms with van der Waals surface area (Å²) in [5, 5.41) is 0. The minimum atomic E-state index is -8.59. The van der Waals surface area contributed by atoms with Crippen molar-refractivity contribution in [3.8, 4) is 0 Å². The van der Waals surface area contributed by atoms with Crippen LogP contribution in [0.4, 0.5) is 74.6 Å². The molecule has 1 atom stereocenters. The van der Waals surface area contributed by atoms with Crippen LogP contribution in [0.25, 0.3) is 0 Å². The molecule has 0 heterocycles. The third-order valence-electron chi connectivity index (χ3n) is 3.64. The SMILES string of the molecule is C[SiH](Cl)CCC(F)(F)C(F)(F)C(F)(F)C(F)(F)C(F)(F)C(F)(F)C(F)(F)C(F)(F)F. The van der Waals surface area contributed by atoms with Crippen molar-refractivity contribution < 1.29 is 74.6 Å². The Balaban J connectivity index is 6.55. The average Bonchev–Trinajstić information content (AvgIpc) is 2.50. The zero-order valence-corrected chi connectivity index (χ0v) is 15.7. The van der Waals surface area contributed by atoms with E-state index in [1.165, 1.54) is 0 Å². The van der Waals surface area contributed by atoms with Gasteiger partial charge in [-0.15, -0.1) is 0 Å². The Morgan fingerprint density at radius 1 is 0.500 bits per heavy atom. The molecule has 0 aromatic heterocycles. The monoisotopic (exact) mass is 526 g/mol. The molecule has 0 aliphatic carbocycles. The molecule has 0 aliphatic rings. The van der Waals surface area contributed by atoms with Gasteiger partial charge in [-0.3, -0.25) is 0 Å². The second kappa shape index (κ2) is 7.72. The number of rotatable bonds is 9. The van der Waals surface area contributed by atoms with E-state index in [1.807, 2.05) is 0 Å². The summed E-state index contributed by atoms with van der Waals surface area (Å²) in [6, 6.07) is -1.20. The maximum atomic E-state index is 13.4. The van der Waals surface area contributed by atoms with E-state index < -0.39 is 68.2 Å². The Morgan fingerprint density at radius 2 is 0.767 bits per heavy atom. The summed E-state index contributed by atoms with van der Waals surface area (Å²) >= 11 is 5.18. The van der Waals surface area contributed by atoms with Gasteiger partial charge in [0, 0.05) is 6.42 Å². The van der Waals surface area contributed by atoms with Crippen LogP contribution in [0.2, 0.25) is 12.6 Å². The van der Waals surface area contributed by atoms with Crippen LogP contribution in [-0.2, 0) is 0 Å². The smallest absolute Gasteiger partial charge is 0.200 e. The predicted molar refractivity (Wildman–Crippen MR) is 69.0 cm³/mol. The first-order valence-electron chi connectivity index (χ1n) is 7.02. The minimum Gasteiger partial charge on any atom is -0.200 e. The quantitative estimate of drug-likeness (QED) is 0.173. The van der Waals surface area contributed by atoms with Gasteiger partial charge in [0.2, 0.25) is 0 Å². The van der Waals surface area contributed by atoms with Gasteiger partial charge in [0.05, 0.1) is 0 Å². The topological polar surface area (TPSA) is 0 Å². The van der Waals surface area contributed by atoms with Crippen molar-refractivity contribution in [1.82, 2.24) is 0 Å². The second-order valence-corrected chi connectivity index (χ2v) is 10.3. The zero-order valence-electron chi connectivity index (χ0n) is 13.8. The first-order valence-corrected chi connectivity index (χ1v) is 10.7. The summed E-state index contributed by atoms with van der Waals surface area (Å²) in [4.78, 5) is 0. The molecule has 0 aliphatic heterocycles. The minimum absolute atomic E-state index is 0.941. The van der Waals surface area contributed by atoms with E-state index in [9.17, 15) is 74.6 Å². The van der Waals surface area contributed by atoms with E-state index >= 15 is 0 Å². The highest BCUT2D eigenvalue weighted by Gasteiger charge is 2.95. The molecule has 30 heavy (non-hydrogen) atoms. The lowest BCUT2D eigenvalue weighted by Gasteiger charge is -2.42. The molecule has 0 radical (unpaired) electrons. The van der Waals surface area contributed by atoms with Gasteiger partial charge in [0.15, 0.2) is 0 Å². The summed E-state index contributed by atoms with van der Waals surface area (Å²) in [6.45, 7) is 0.941. The lowest BCUT2D eigenvalue weighted by molar-refractivity contribution is -0.461. The van der Waals surface area contributed by atoms with Crippen LogP contribution in [0.1, 0.15) is 6.42 Å². The third-order valence-corrected chi connectivity index (χ3v) is 5.38. The Bertz CT molecular complexity index is 607. The Labute approximate surface area is 161 Å². The lowest BCUT2D eigenvalue weighted by atomic mass is 9.88. The Hall–Kier alpha value is -0.683. The van der Waals surface area contributed by atoms with E-state index in [0.717, 1.165) is 6.55 Å². The van der Waals surface area contributed by atoms with Gasteiger partial charge in [0.25, 0.3) is 0 Å². The van der Waals surface area contributed by atoms with E-state index in [4.69, 9.17) is 11.1 Å². The third kappa shape index (κ3) is 4.05. The van der Waals surface area contributed by atoms with E-state index in [0.29, 0.717) is 0 Å². The van der Waals surface area contributed by atoms with E-state index in [-0.39, 0.29) is 0 Å². The molecular formula is C11H8ClF17Si. The molecule has 0 aromatic carbocycles. The fourth-order valence-corrected chi connectivity index (χ4v) is 2.82. The van der Waals surface area contributed by atoms with Gasteiger partial charge in [-0.05, 0) is 6.04 Å². The van der Waals surface area contributed by atoms with Crippen LogP contribution in [0.15, 0.2) is 0 Å². The van der Waals surface area contributed by atoms with E-state index in [2.05, 4.69) is 0 Å². The van der Waals surface area contributed by atoms with Crippen LogP contribution >= 0.6 is 11.1 Å². The van der Waals surface area contributed by atoms with Crippen LogP contribution in [0, 0.1) is 0 Å². The first-order chi connectivity index (χ1) is 12.7. The summed E-state index contributed by atoms with van der Waals surface area (Å²) in [6.07, 6.45) is -10.2. The molecule has 0 amide bonds.